The fourth-order valence-corrected chi connectivity index (χ4v) is 3.12. The van der Waals surface area contributed by atoms with Crippen LogP contribution in [-0.2, 0) is 16.0 Å². The zero-order valence-corrected chi connectivity index (χ0v) is 12.5. The predicted molar refractivity (Wildman–Crippen MR) is 82.4 cm³/mol. The van der Waals surface area contributed by atoms with Gasteiger partial charge in [-0.25, -0.2) is 9.37 Å². The Hall–Kier alpha value is -2.28. The lowest BCUT2D eigenvalue weighted by Gasteiger charge is -2.10. The predicted octanol–water partition coefficient (Wildman–Crippen LogP) is 2.59. The van der Waals surface area contributed by atoms with Gasteiger partial charge in [0, 0.05) is 24.0 Å². The van der Waals surface area contributed by atoms with E-state index in [-0.39, 0.29) is 24.1 Å². The van der Waals surface area contributed by atoms with Gasteiger partial charge in [-0.2, -0.15) is 0 Å². The van der Waals surface area contributed by atoms with Gasteiger partial charge in [0.25, 0.3) is 0 Å². The minimum atomic E-state index is -0.350. The Morgan fingerprint density at radius 3 is 2.82 bits per heavy atom. The van der Waals surface area contributed by atoms with Gasteiger partial charge in [0.1, 0.15) is 5.82 Å². The maximum absolute atomic E-state index is 12.8. The summed E-state index contributed by atoms with van der Waals surface area (Å²) in [5, 5.41) is 5.11. The lowest BCUT2D eigenvalue weighted by atomic mass is 10.3. The van der Waals surface area contributed by atoms with E-state index >= 15 is 0 Å². The van der Waals surface area contributed by atoms with Crippen molar-refractivity contribution in [2.75, 3.05) is 16.8 Å². The SMILES string of the molecule is O=C(Cc1csc(N2CCCC2=O)n1)Nc1ccc(F)cc1. The first-order valence-electron chi connectivity index (χ1n) is 6.92. The maximum Gasteiger partial charge on any atom is 0.230 e. The molecule has 7 heteroatoms. The van der Waals surface area contributed by atoms with Crippen LogP contribution in [0.5, 0.6) is 0 Å². The van der Waals surface area contributed by atoms with Crippen LogP contribution in [0.15, 0.2) is 29.6 Å². The highest BCUT2D eigenvalue weighted by Crippen LogP contribution is 2.25. The molecule has 0 aliphatic carbocycles. The molecule has 0 unspecified atom stereocenters. The second-order valence-electron chi connectivity index (χ2n) is 5.00. The summed E-state index contributed by atoms with van der Waals surface area (Å²) in [6.45, 7) is 0.688. The first kappa shape index (κ1) is 14.6. The first-order chi connectivity index (χ1) is 10.6. The third kappa shape index (κ3) is 3.30. The molecule has 0 saturated carbocycles. The number of carbonyl (C=O) groups excluding carboxylic acids is 2. The third-order valence-corrected chi connectivity index (χ3v) is 4.23. The van der Waals surface area contributed by atoms with Crippen LogP contribution < -0.4 is 10.2 Å². The summed E-state index contributed by atoms with van der Waals surface area (Å²) < 4.78 is 12.8. The number of aromatic nitrogens is 1. The van der Waals surface area contributed by atoms with E-state index < -0.39 is 0 Å². The molecule has 5 nitrogen and oxygen atoms in total. The van der Waals surface area contributed by atoms with Crippen molar-refractivity contribution in [3.05, 3.63) is 41.2 Å². The number of benzene rings is 1. The van der Waals surface area contributed by atoms with E-state index in [2.05, 4.69) is 10.3 Å². The Labute approximate surface area is 130 Å². The van der Waals surface area contributed by atoms with Gasteiger partial charge in [0.05, 0.1) is 12.1 Å². The van der Waals surface area contributed by atoms with Gasteiger partial charge in [-0.3, -0.25) is 14.5 Å². The molecule has 0 spiro atoms. The summed E-state index contributed by atoms with van der Waals surface area (Å²) in [5.74, 6) is -0.495. The van der Waals surface area contributed by atoms with Crippen LogP contribution in [0.4, 0.5) is 15.2 Å². The fourth-order valence-electron chi connectivity index (χ4n) is 2.25. The average molecular weight is 319 g/mol. The molecule has 2 amide bonds. The molecule has 1 aromatic heterocycles. The highest BCUT2D eigenvalue weighted by Gasteiger charge is 2.24. The van der Waals surface area contributed by atoms with E-state index in [0.717, 1.165) is 6.42 Å². The second kappa shape index (κ2) is 6.23. The quantitative estimate of drug-likeness (QED) is 0.942. The van der Waals surface area contributed by atoms with Gasteiger partial charge in [-0.15, -0.1) is 11.3 Å². The molecule has 1 saturated heterocycles. The number of nitrogens with zero attached hydrogens (tertiary/aromatic N) is 2. The number of thiazole rings is 1. The summed E-state index contributed by atoms with van der Waals surface area (Å²) in [6.07, 6.45) is 1.52. The van der Waals surface area contributed by atoms with Crippen molar-refractivity contribution in [1.82, 2.24) is 4.98 Å². The van der Waals surface area contributed by atoms with Crippen LogP contribution in [-0.4, -0.2) is 23.3 Å². The number of rotatable bonds is 4. The normalized spacial score (nSPS) is 14.4. The van der Waals surface area contributed by atoms with Crippen LogP contribution in [0.25, 0.3) is 0 Å². The highest BCUT2D eigenvalue weighted by atomic mass is 32.1. The average Bonchev–Trinajstić information content (AvgIpc) is 3.10. The molecule has 114 valence electrons. The minimum Gasteiger partial charge on any atom is -0.326 e. The number of halogens is 1. The molecule has 1 N–H and O–H groups in total. The van der Waals surface area contributed by atoms with Crippen molar-refractivity contribution in [2.24, 2.45) is 0 Å². The van der Waals surface area contributed by atoms with Gasteiger partial charge < -0.3 is 5.32 Å². The van der Waals surface area contributed by atoms with E-state index in [1.165, 1.54) is 35.6 Å². The third-order valence-electron chi connectivity index (χ3n) is 3.31. The Balaban J connectivity index is 1.61. The maximum atomic E-state index is 12.8. The smallest absolute Gasteiger partial charge is 0.230 e. The zero-order valence-electron chi connectivity index (χ0n) is 11.7. The molecule has 22 heavy (non-hydrogen) atoms. The van der Waals surface area contributed by atoms with E-state index in [0.29, 0.717) is 29.5 Å². The summed E-state index contributed by atoms with van der Waals surface area (Å²) >= 11 is 1.37. The van der Waals surface area contributed by atoms with Gasteiger partial charge in [-0.1, -0.05) is 0 Å². The summed E-state index contributed by atoms with van der Waals surface area (Å²) in [7, 11) is 0. The number of nitrogens with one attached hydrogen (secondary N) is 1. The van der Waals surface area contributed by atoms with Crippen molar-refractivity contribution in [2.45, 2.75) is 19.3 Å². The van der Waals surface area contributed by atoms with Crippen LogP contribution >= 0.6 is 11.3 Å². The number of anilines is 2. The van der Waals surface area contributed by atoms with Gasteiger partial charge in [0.15, 0.2) is 5.13 Å². The number of hydrogen-bond acceptors (Lipinski definition) is 4. The lowest BCUT2D eigenvalue weighted by Crippen LogP contribution is -2.23. The number of carbonyl (C=O) groups is 2. The van der Waals surface area contributed by atoms with Crippen molar-refractivity contribution in [1.29, 1.82) is 0 Å². The molecule has 2 aromatic rings. The van der Waals surface area contributed by atoms with Crippen LogP contribution in [0.2, 0.25) is 0 Å². The molecular weight excluding hydrogens is 305 g/mol. The Bertz CT molecular complexity index is 699. The molecule has 0 bridgehead atoms. The molecule has 0 radical (unpaired) electrons. The summed E-state index contributed by atoms with van der Waals surface area (Å²) in [6, 6.07) is 5.58. The van der Waals surface area contributed by atoms with Crippen molar-refractivity contribution in [3.63, 3.8) is 0 Å². The molecule has 1 aromatic carbocycles. The van der Waals surface area contributed by atoms with Gasteiger partial charge >= 0.3 is 0 Å². The standard InChI is InChI=1S/C15H14FN3O2S/c16-10-3-5-11(6-4-10)17-13(20)8-12-9-22-15(18-12)19-7-1-2-14(19)21/h3-6,9H,1-2,7-8H2,(H,17,20). The number of hydrogen-bond donors (Lipinski definition) is 1. The van der Waals surface area contributed by atoms with E-state index in [1.807, 2.05) is 0 Å². The molecule has 1 aliphatic rings. The molecular formula is C15H14FN3O2S. The summed E-state index contributed by atoms with van der Waals surface area (Å²) in [5.41, 5.74) is 1.16. The Kier molecular flexibility index (Phi) is 4.15. The van der Waals surface area contributed by atoms with E-state index in [4.69, 9.17) is 0 Å². The minimum absolute atomic E-state index is 0.0802. The van der Waals surface area contributed by atoms with Crippen LogP contribution in [0.1, 0.15) is 18.5 Å². The van der Waals surface area contributed by atoms with Gasteiger partial charge in [-0.05, 0) is 30.7 Å². The number of amides is 2. The topological polar surface area (TPSA) is 62.3 Å². The molecule has 0 atom stereocenters. The Morgan fingerprint density at radius 1 is 1.36 bits per heavy atom. The largest absolute Gasteiger partial charge is 0.326 e. The highest BCUT2D eigenvalue weighted by molar-refractivity contribution is 7.14. The Morgan fingerprint density at radius 2 is 2.14 bits per heavy atom. The fraction of sp³-hybridized carbons (Fsp3) is 0.267. The van der Waals surface area contributed by atoms with Crippen molar-refractivity contribution in [3.8, 4) is 0 Å². The van der Waals surface area contributed by atoms with Crippen molar-refractivity contribution < 1.29 is 14.0 Å². The van der Waals surface area contributed by atoms with Crippen LogP contribution in [0.3, 0.4) is 0 Å². The molecule has 3 rings (SSSR count). The van der Waals surface area contributed by atoms with Gasteiger partial charge in [0.2, 0.25) is 11.8 Å². The first-order valence-corrected chi connectivity index (χ1v) is 7.80. The molecule has 1 aliphatic heterocycles. The van der Waals surface area contributed by atoms with Crippen LogP contribution in [0, 0.1) is 5.82 Å². The molecule has 1 fully saturated rings. The lowest BCUT2D eigenvalue weighted by molar-refractivity contribution is -0.117. The van der Waals surface area contributed by atoms with E-state index in [9.17, 15) is 14.0 Å². The monoisotopic (exact) mass is 319 g/mol. The molecule has 2 heterocycles. The summed E-state index contributed by atoms with van der Waals surface area (Å²) in [4.78, 5) is 29.6. The van der Waals surface area contributed by atoms with E-state index in [1.54, 1.807) is 10.3 Å². The zero-order chi connectivity index (χ0) is 15.5. The van der Waals surface area contributed by atoms with Crippen molar-refractivity contribution >= 4 is 34.0 Å². The second-order valence-corrected chi connectivity index (χ2v) is 5.84.